The number of para-hydroxylation sites is 1. The molecule has 0 spiro atoms. The van der Waals surface area contributed by atoms with Crippen molar-refractivity contribution in [2.24, 2.45) is 0 Å². The third kappa shape index (κ3) is 2.74. The molecule has 1 N–H and O–H groups in total. The Morgan fingerprint density at radius 2 is 2.17 bits per heavy atom. The van der Waals surface area contributed by atoms with Gasteiger partial charge in [0.15, 0.2) is 0 Å². The zero-order valence-corrected chi connectivity index (χ0v) is 11.0. The highest BCUT2D eigenvalue weighted by atomic mass is 35.5. The fraction of sp³-hybridized carbons (Fsp3) is 0.214. The lowest BCUT2D eigenvalue weighted by Gasteiger charge is -2.08. The van der Waals surface area contributed by atoms with Crippen molar-refractivity contribution in [3.05, 3.63) is 47.6 Å². The van der Waals surface area contributed by atoms with Crippen molar-refractivity contribution < 1.29 is 4.79 Å². The number of benzene rings is 1. The number of fused-ring (bicyclic) bond motifs is 1. The van der Waals surface area contributed by atoms with E-state index in [0.29, 0.717) is 18.1 Å². The van der Waals surface area contributed by atoms with E-state index >= 15 is 0 Å². The molecule has 1 aromatic heterocycles. The Balaban J connectivity index is 2.18. The number of nitrogens with zero attached hydrogens (tertiary/aromatic N) is 1. The Hall–Kier alpha value is -1.74. The third-order valence-electron chi connectivity index (χ3n) is 2.80. The Labute approximate surface area is 111 Å². The normalized spacial score (nSPS) is 10.6. The van der Waals surface area contributed by atoms with Crippen molar-refractivity contribution in [3.8, 4) is 0 Å². The monoisotopic (exact) mass is 262 g/mol. The van der Waals surface area contributed by atoms with E-state index in [9.17, 15) is 4.79 Å². The molecule has 1 aromatic carbocycles. The Morgan fingerprint density at radius 3 is 2.89 bits per heavy atom. The second-order valence-corrected chi connectivity index (χ2v) is 4.76. The average molecular weight is 263 g/mol. The molecular formula is C14H15ClN2O. The van der Waals surface area contributed by atoms with Crippen molar-refractivity contribution in [2.75, 3.05) is 6.54 Å². The SMILES string of the molecule is C=C(Cl)CNC(=O)Cn1c(C)cc2ccccc21. The summed E-state index contributed by atoms with van der Waals surface area (Å²) in [7, 11) is 0. The van der Waals surface area contributed by atoms with E-state index in [1.165, 1.54) is 0 Å². The van der Waals surface area contributed by atoms with E-state index in [1.807, 2.05) is 35.8 Å². The lowest BCUT2D eigenvalue weighted by atomic mass is 10.2. The first-order valence-corrected chi connectivity index (χ1v) is 6.10. The van der Waals surface area contributed by atoms with E-state index in [4.69, 9.17) is 11.6 Å². The molecule has 2 rings (SSSR count). The number of aryl methyl sites for hydroxylation is 1. The summed E-state index contributed by atoms with van der Waals surface area (Å²) in [6.07, 6.45) is 0. The predicted molar refractivity (Wildman–Crippen MR) is 74.7 cm³/mol. The van der Waals surface area contributed by atoms with E-state index in [2.05, 4.69) is 18.0 Å². The van der Waals surface area contributed by atoms with Gasteiger partial charge in [-0.3, -0.25) is 4.79 Å². The van der Waals surface area contributed by atoms with Gasteiger partial charge in [0.25, 0.3) is 0 Å². The number of amides is 1. The van der Waals surface area contributed by atoms with Crippen LogP contribution in [0.15, 0.2) is 41.9 Å². The van der Waals surface area contributed by atoms with Gasteiger partial charge in [-0.15, -0.1) is 0 Å². The topological polar surface area (TPSA) is 34.0 Å². The lowest BCUT2D eigenvalue weighted by molar-refractivity contribution is -0.121. The maximum absolute atomic E-state index is 11.8. The van der Waals surface area contributed by atoms with Gasteiger partial charge in [0, 0.05) is 16.2 Å². The number of halogens is 1. The van der Waals surface area contributed by atoms with Crippen LogP contribution < -0.4 is 5.32 Å². The molecule has 1 heterocycles. The van der Waals surface area contributed by atoms with Crippen LogP contribution in [0.1, 0.15) is 5.69 Å². The van der Waals surface area contributed by atoms with Crippen molar-refractivity contribution in [2.45, 2.75) is 13.5 Å². The molecule has 0 unspecified atom stereocenters. The summed E-state index contributed by atoms with van der Waals surface area (Å²) in [4.78, 5) is 11.8. The highest BCUT2D eigenvalue weighted by molar-refractivity contribution is 6.29. The van der Waals surface area contributed by atoms with Crippen LogP contribution in [0, 0.1) is 6.92 Å². The van der Waals surface area contributed by atoms with Gasteiger partial charge in [0.2, 0.25) is 5.91 Å². The summed E-state index contributed by atoms with van der Waals surface area (Å²) in [5.74, 6) is -0.0683. The quantitative estimate of drug-likeness (QED) is 0.903. The first-order chi connectivity index (χ1) is 8.58. The summed E-state index contributed by atoms with van der Waals surface area (Å²) in [6.45, 7) is 6.13. The van der Waals surface area contributed by atoms with Gasteiger partial charge >= 0.3 is 0 Å². The molecule has 4 heteroatoms. The molecule has 0 saturated heterocycles. The van der Waals surface area contributed by atoms with Gasteiger partial charge < -0.3 is 9.88 Å². The summed E-state index contributed by atoms with van der Waals surface area (Å²) in [5.41, 5.74) is 2.13. The maximum Gasteiger partial charge on any atom is 0.240 e. The second-order valence-electron chi connectivity index (χ2n) is 4.22. The molecule has 0 aliphatic rings. The molecule has 0 aliphatic heterocycles. The number of carbonyl (C=O) groups is 1. The Morgan fingerprint density at radius 1 is 1.44 bits per heavy atom. The molecule has 94 valence electrons. The van der Waals surface area contributed by atoms with Crippen LogP contribution in [-0.2, 0) is 11.3 Å². The number of carbonyl (C=O) groups excluding carboxylic acids is 1. The molecule has 0 aliphatic carbocycles. The number of hydrogen-bond acceptors (Lipinski definition) is 1. The van der Waals surface area contributed by atoms with Gasteiger partial charge in [0.1, 0.15) is 6.54 Å². The second kappa shape index (κ2) is 5.27. The molecule has 2 aromatic rings. The number of aromatic nitrogens is 1. The molecule has 3 nitrogen and oxygen atoms in total. The standard InChI is InChI=1S/C14H15ClN2O/c1-10(15)8-16-14(18)9-17-11(2)7-12-5-3-4-6-13(12)17/h3-7H,1,8-9H2,2H3,(H,16,18). The van der Waals surface area contributed by atoms with Crippen molar-refractivity contribution in [1.82, 2.24) is 9.88 Å². The number of rotatable bonds is 4. The van der Waals surface area contributed by atoms with Crippen LogP contribution in [-0.4, -0.2) is 17.0 Å². The van der Waals surface area contributed by atoms with E-state index in [-0.39, 0.29) is 5.91 Å². The fourth-order valence-corrected chi connectivity index (χ4v) is 2.02. The fourth-order valence-electron chi connectivity index (χ4n) is 1.95. The zero-order chi connectivity index (χ0) is 13.1. The smallest absolute Gasteiger partial charge is 0.240 e. The lowest BCUT2D eigenvalue weighted by Crippen LogP contribution is -2.28. The van der Waals surface area contributed by atoms with Crippen LogP contribution >= 0.6 is 11.6 Å². The average Bonchev–Trinajstić information content (AvgIpc) is 2.64. The number of nitrogens with one attached hydrogen (secondary N) is 1. The predicted octanol–water partition coefficient (Wildman–Crippen LogP) is 2.82. The van der Waals surface area contributed by atoms with Gasteiger partial charge in [-0.25, -0.2) is 0 Å². The van der Waals surface area contributed by atoms with Gasteiger partial charge in [-0.1, -0.05) is 36.4 Å². The van der Waals surface area contributed by atoms with Gasteiger partial charge in [-0.05, 0) is 24.4 Å². The first-order valence-electron chi connectivity index (χ1n) is 5.73. The minimum Gasteiger partial charge on any atom is -0.350 e. The zero-order valence-electron chi connectivity index (χ0n) is 10.2. The van der Waals surface area contributed by atoms with Crippen molar-refractivity contribution in [1.29, 1.82) is 0 Å². The molecule has 0 bridgehead atoms. The molecule has 0 fully saturated rings. The molecular weight excluding hydrogens is 248 g/mol. The highest BCUT2D eigenvalue weighted by Crippen LogP contribution is 2.18. The third-order valence-corrected chi connectivity index (χ3v) is 2.93. The molecule has 0 atom stereocenters. The van der Waals surface area contributed by atoms with Crippen LogP contribution in [0.4, 0.5) is 0 Å². The van der Waals surface area contributed by atoms with Gasteiger partial charge in [-0.2, -0.15) is 0 Å². The molecule has 1 amide bonds. The minimum atomic E-state index is -0.0683. The first kappa shape index (κ1) is 12.7. The summed E-state index contributed by atoms with van der Waals surface area (Å²) < 4.78 is 1.99. The van der Waals surface area contributed by atoms with Crippen LogP contribution in [0.3, 0.4) is 0 Å². The van der Waals surface area contributed by atoms with Crippen LogP contribution in [0.25, 0.3) is 10.9 Å². The van der Waals surface area contributed by atoms with Crippen LogP contribution in [0.5, 0.6) is 0 Å². The Bertz CT molecular complexity index is 601. The minimum absolute atomic E-state index is 0.0683. The molecule has 18 heavy (non-hydrogen) atoms. The molecule has 0 radical (unpaired) electrons. The number of hydrogen-bond donors (Lipinski definition) is 1. The van der Waals surface area contributed by atoms with E-state index in [0.717, 1.165) is 16.6 Å². The van der Waals surface area contributed by atoms with Crippen molar-refractivity contribution >= 4 is 28.4 Å². The van der Waals surface area contributed by atoms with Crippen LogP contribution in [0.2, 0.25) is 0 Å². The van der Waals surface area contributed by atoms with E-state index < -0.39 is 0 Å². The maximum atomic E-state index is 11.8. The van der Waals surface area contributed by atoms with Gasteiger partial charge in [0.05, 0.1) is 6.54 Å². The summed E-state index contributed by atoms with van der Waals surface area (Å²) in [6, 6.07) is 10.1. The highest BCUT2D eigenvalue weighted by Gasteiger charge is 2.08. The van der Waals surface area contributed by atoms with E-state index in [1.54, 1.807) is 0 Å². The van der Waals surface area contributed by atoms with Crippen molar-refractivity contribution in [3.63, 3.8) is 0 Å². The summed E-state index contributed by atoms with van der Waals surface area (Å²) >= 11 is 5.61. The largest absolute Gasteiger partial charge is 0.350 e. The Kier molecular flexibility index (Phi) is 3.72. The summed E-state index contributed by atoms with van der Waals surface area (Å²) in [5, 5.41) is 4.29. The molecule has 0 saturated carbocycles.